The van der Waals surface area contributed by atoms with Crippen molar-refractivity contribution < 1.29 is 0 Å². The highest BCUT2D eigenvalue weighted by atomic mass is 15.4. The van der Waals surface area contributed by atoms with Crippen LogP contribution in [0.3, 0.4) is 0 Å². The molecule has 0 fully saturated rings. The van der Waals surface area contributed by atoms with Crippen molar-refractivity contribution in [3.63, 3.8) is 0 Å². The maximum Gasteiger partial charge on any atom is 0.105 e. The van der Waals surface area contributed by atoms with Gasteiger partial charge in [-0.15, -0.1) is 0 Å². The summed E-state index contributed by atoms with van der Waals surface area (Å²) in [5.74, 6) is 0. The second-order valence-corrected chi connectivity index (χ2v) is 7.28. The van der Waals surface area contributed by atoms with Crippen molar-refractivity contribution in [2.24, 2.45) is 0 Å². The third-order valence-corrected chi connectivity index (χ3v) is 5.20. The van der Waals surface area contributed by atoms with Crippen molar-refractivity contribution >= 4 is 0 Å². The molecule has 1 aliphatic rings. The number of benzene rings is 2. The molecule has 0 bridgehead atoms. The minimum atomic E-state index is 0.420. The third kappa shape index (κ3) is 5.39. The minimum Gasteiger partial charge on any atom is -0.356 e. The normalized spacial score (nSPS) is 16.4. The van der Waals surface area contributed by atoms with Gasteiger partial charge in [-0.3, -0.25) is 0 Å². The molecule has 1 unspecified atom stereocenters. The quantitative estimate of drug-likeness (QED) is 0.500. The Morgan fingerprint density at radius 1 is 0.692 bits per heavy atom. The monoisotopic (exact) mass is 348 g/mol. The predicted octanol–water partition coefficient (Wildman–Crippen LogP) is 5.81. The highest BCUT2D eigenvalue weighted by Crippen LogP contribution is 2.23. The van der Waals surface area contributed by atoms with Crippen LogP contribution in [0.1, 0.15) is 50.2 Å². The van der Waals surface area contributed by atoms with Gasteiger partial charge in [0.1, 0.15) is 6.17 Å². The lowest BCUT2D eigenvalue weighted by molar-refractivity contribution is 0.144. The number of hydrogen-bond donors (Lipinski definition) is 0. The summed E-state index contributed by atoms with van der Waals surface area (Å²) in [6.45, 7) is 4.41. The molecular formula is C24H32N2. The summed E-state index contributed by atoms with van der Waals surface area (Å²) >= 11 is 0. The average Bonchev–Trinajstić information content (AvgIpc) is 3.05. The Morgan fingerprint density at radius 2 is 1.31 bits per heavy atom. The summed E-state index contributed by atoms with van der Waals surface area (Å²) in [6.07, 6.45) is 12.7. The molecule has 0 N–H and O–H groups in total. The molecule has 2 heteroatoms. The van der Waals surface area contributed by atoms with Gasteiger partial charge < -0.3 is 9.80 Å². The van der Waals surface area contributed by atoms with Gasteiger partial charge in [-0.1, -0.05) is 93.3 Å². The maximum absolute atomic E-state index is 2.54. The smallest absolute Gasteiger partial charge is 0.105 e. The summed E-state index contributed by atoms with van der Waals surface area (Å²) in [6, 6.07) is 21.7. The molecule has 0 radical (unpaired) electrons. The van der Waals surface area contributed by atoms with Crippen molar-refractivity contribution in [3.8, 4) is 0 Å². The van der Waals surface area contributed by atoms with E-state index in [1.807, 2.05) is 0 Å². The molecule has 3 rings (SSSR count). The van der Waals surface area contributed by atoms with E-state index in [4.69, 9.17) is 0 Å². The van der Waals surface area contributed by atoms with Gasteiger partial charge in [0.15, 0.2) is 0 Å². The molecule has 2 aromatic carbocycles. The first-order valence-corrected chi connectivity index (χ1v) is 10.1. The summed E-state index contributed by atoms with van der Waals surface area (Å²) in [5, 5.41) is 0. The Morgan fingerprint density at radius 3 is 2.00 bits per heavy atom. The van der Waals surface area contributed by atoms with E-state index < -0.39 is 0 Å². The Bertz CT molecular complexity index is 650. The Balaban J connectivity index is 1.63. The van der Waals surface area contributed by atoms with Crippen LogP contribution in [0.4, 0.5) is 0 Å². The van der Waals surface area contributed by atoms with Crippen molar-refractivity contribution in [2.45, 2.75) is 58.2 Å². The van der Waals surface area contributed by atoms with Crippen LogP contribution in [-0.2, 0) is 13.0 Å². The van der Waals surface area contributed by atoms with Crippen molar-refractivity contribution in [3.05, 3.63) is 84.2 Å². The second kappa shape index (κ2) is 10.1. The lowest BCUT2D eigenvalue weighted by Crippen LogP contribution is -2.40. The molecule has 1 aliphatic heterocycles. The van der Waals surface area contributed by atoms with Crippen LogP contribution >= 0.6 is 0 Å². The highest BCUT2D eigenvalue weighted by molar-refractivity contribution is 5.19. The molecule has 2 nitrogen and oxygen atoms in total. The molecule has 1 atom stereocenters. The molecule has 2 aromatic rings. The zero-order valence-electron chi connectivity index (χ0n) is 16.1. The van der Waals surface area contributed by atoms with Gasteiger partial charge in [0.25, 0.3) is 0 Å². The number of hydrogen-bond acceptors (Lipinski definition) is 2. The van der Waals surface area contributed by atoms with Gasteiger partial charge in [-0.25, -0.2) is 0 Å². The van der Waals surface area contributed by atoms with Crippen LogP contribution in [0.15, 0.2) is 73.1 Å². The average molecular weight is 349 g/mol. The largest absolute Gasteiger partial charge is 0.356 e. The van der Waals surface area contributed by atoms with Gasteiger partial charge in [0.05, 0.1) is 0 Å². The SMILES string of the molecule is CCCCCCCN1C=CN(Cc2ccccc2)C1Cc1ccccc1. The zero-order chi connectivity index (χ0) is 18.0. The molecule has 0 spiro atoms. The van der Waals surface area contributed by atoms with Gasteiger partial charge in [0, 0.05) is 31.9 Å². The van der Waals surface area contributed by atoms with E-state index in [-0.39, 0.29) is 0 Å². The summed E-state index contributed by atoms with van der Waals surface area (Å²) in [7, 11) is 0. The fraction of sp³-hybridized carbons (Fsp3) is 0.417. The fourth-order valence-electron chi connectivity index (χ4n) is 3.69. The molecule has 0 amide bonds. The zero-order valence-corrected chi connectivity index (χ0v) is 16.1. The number of unbranched alkanes of at least 4 members (excludes halogenated alkanes) is 4. The number of nitrogens with zero attached hydrogens (tertiary/aromatic N) is 2. The van der Waals surface area contributed by atoms with Crippen LogP contribution in [0.2, 0.25) is 0 Å². The molecule has 0 aliphatic carbocycles. The molecule has 1 heterocycles. The fourth-order valence-corrected chi connectivity index (χ4v) is 3.69. The van der Waals surface area contributed by atoms with E-state index in [2.05, 4.69) is 89.8 Å². The van der Waals surface area contributed by atoms with E-state index in [0.29, 0.717) is 6.17 Å². The lowest BCUT2D eigenvalue weighted by atomic mass is 10.1. The van der Waals surface area contributed by atoms with Gasteiger partial charge in [-0.2, -0.15) is 0 Å². The van der Waals surface area contributed by atoms with E-state index in [1.165, 1.54) is 43.2 Å². The van der Waals surface area contributed by atoms with Gasteiger partial charge >= 0.3 is 0 Å². The lowest BCUT2D eigenvalue weighted by Gasteiger charge is -2.33. The first kappa shape index (κ1) is 18.6. The van der Waals surface area contributed by atoms with E-state index in [1.54, 1.807) is 0 Å². The standard InChI is InChI=1S/C24H32N2/c1-2-3-4-5-12-17-25-18-19-26(21-23-15-10-7-11-16-23)24(25)20-22-13-8-6-9-14-22/h6-11,13-16,18-19,24H,2-5,12,17,20-21H2,1H3. The van der Waals surface area contributed by atoms with Crippen LogP contribution in [0.5, 0.6) is 0 Å². The first-order chi connectivity index (χ1) is 12.9. The molecular weight excluding hydrogens is 316 g/mol. The predicted molar refractivity (Wildman–Crippen MR) is 111 cm³/mol. The van der Waals surface area contributed by atoms with Crippen LogP contribution in [0, 0.1) is 0 Å². The molecule has 0 saturated heterocycles. The second-order valence-electron chi connectivity index (χ2n) is 7.28. The van der Waals surface area contributed by atoms with Crippen LogP contribution < -0.4 is 0 Å². The van der Waals surface area contributed by atoms with Crippen molar-refractivity contribution in [1.82, 2.24) is 9.80 Å². The molecule has 0 aromatic heterocycles. The van der Waals surface area contributed by atoms with Crippen molar-refractivity contribution in [1.29, 1.82) is 0 Å². The molecule has 138 valence electrons. The van der Waals surface area contributed by atoms with Gasteiger partial charge in [-0.05, 0) is 17.5 Å². The van der Waals surface area contributed by atoms with E-state index in [9.17, 15) is 0 Å². The first-order valence-electron chi connectivity index (χ1n) is 10.1. The van der Waals surface area contributed by atoms with Crippen molar-refractivity contribution in [2.75, 3.05) is 6.54 Å². The molecule has 26 heavy (non-hydrogen) atoms. The third-order valence-electron chi connectivity index (χ3n) is 5.20. The van der Waals surface area contributed by atoms with E-state index in [0.717, 1.165) is 19.5 Å². The van der Waals surface area contributed by atoms with Gasteiger partial charge in [0.2, 0.25) is 0 Å². The summed E-state index contributed by atoms with van der Waals surface area (Å²) in [5.41, 5.74) is 2.79. The summed E-state index contributed by atoms with van der Waals surface area (Å²) in [4.78, 5) is 5.04. The van der Waals surface area contributed by atoms with Crippen LogP contribution in [0.25, 0.3) is 0 Å². The molecule has 0 saturated carbocycles. The van der Waals surface area contributed by atoms with E-state index >= 15 is 0 Å². The Hall–Kier alpha value is -2.22. The Kier molecular flexibility index (Phi) is 7.18. The minimum absolute atomic E-state index is 0.420. The topological polar surface area (TPSA) is 6.48 Å². The Labute approximate surface area is 159 Å². The van der Waals surface area contributed by atoms with Crippen LogP contribution in [-0.4, -0.2) is 22.5 Å². The highest BCUT2D eigenvalue weighted by Gasteiger charge is 2.26. The maximum atomic E-state index is 2.54. The summed E-state index contributed by atoms with van der Waals surface area (Å²) < 4.78 is 0. The number of rotatable bonds is 10.